The van der Waals surface area contributed by atoms with Crippen LogP contribution in [0.25, 0.3) is 5.65 Å². The van der Waals surface area contributed by atoms with Gasteiger partial charge in [0.05, 0.1) is 12.3 Å². The van der Waals surface area contributed by atoms with Crippen LogP contribution < -0.4 is 11.1 Å². The van der Waals surface area contributed by atoms with Gasteiger partial charge in [-0.15, -0.1) is 0 Å². The molecule has 7 rings (SSSR count). The van der Waals surface area contributed by atoms with Crippen LogP contribution in [0, 0.1) is 30.1 Å². The predicted molar refractivity (Wildman–Crippen MR) is 120 cm³/mol. The van der Waals surface area contributed by atoms with Crippen molar-refractivity contribution >= 4 is 17.5 Å². The molecular weight excluding hydrogens is 404 g/mol. The van der Waals surface area contributed by atoms with Gasteiger partial charge >= 0.3 is 0 Å². The first-order valence-corrected chi connectivity index (χ1v) is 12.1. The molecule has 0 aromatic carbocycles. The molecule has 0 spiro atoms. The second-order valence-corrected chi connectivity index (χ2v) is 10.9. The van der Waals surface area contributed by atoms with E-state index in [1.165, 1.54) is 38.5 Å². The van der Waals surface area contributed by atoms with Crippen molar-refractivity contribution in [3.63, 3.8) is 0 Å². The van der Waals surface area contributed by atoms with Crippen molar-refractivity contribution in [1.29, 1.82) is 0 Å². The lowest BCUT2D eigenvalue weighted by atomic mass is 9.49. The van der Waals surface area contributed by atoms with Gasteiger partial charge in [0.1, 0.15) is 11.3 Å². The molecule has 2 amide bonds. The number of hydrogen-bond donors (Lipinski definition) is 2. The molecule has 1 unspecified atom stereocenters. The Morgan fingerprint density at radius 1 is 1.19 bits per heavy atom. The van der Waals surface area contributed by atoms with Gasteiger partial charge in [0.2, 0.25) is 0 Å². The van der Waals surface area contributed by atoms with Crippen molar-refractivity contribution < 1.29 is 14.3 Å². The minimum atomic E-state index is -0.562. The highest BCUT2D eigenvalue weighted by Gasteiger charge is 2.50. The topological polar surface area (TPSA) is 98.7 Å². The Morgan fingerprint density at radius 2 is 1.88 bits per heavy atom. The average molecular weight is 437 g/mol. The Balaban J connectivity index is 1.35. The highest BCUT2D eigenvalue weighted by Crippen LogP contribution is 2.59. The fourth-order valence-electron chi connectivity index (χ4n) is 7.70. The highest BCUT2D eigenvalue weighted by molar-refractivity contribution is 5.97. The Hall–Kier alpha value is -2.41. The number of pyridine rings is 1. The molecule has 4 saturated carbocycles. The van der Waals surface area contributed by atoms with E-state index in [1.807, 2.05) is 23.5 Å². The van der Waals surface area contributed by atoms with Gasteiger partial charge in [-0.2, -0.15) is 0 Å². The zero-order chi connectivity index (χ0) is 22.0. The number of nitrogens with one attached hydrogen (secondary N) is 1. The van der Waals surface area contributed by atoms with E-state index < -0.39 is 5.91 Å². The van der Waals surface area contributed by atoms with Gasteiger partial charge in [-0.1, -0.05) is 6.07 Å². The summed E-state index contributed by atoms with van der Waals surface area (Å²) in [5.74, 6) is 1.91. The summed E-state index contributed by atoms with van der Waals surface area (Å²) in [5.41, 5.74) is 8.94. The first-order chi connectivity index (χ1) is 15.4. The monoisotopic (exact) mass is 436 g/mol. The number of hydrogen-bond acceptors (Lipinski definition) is 4. The molecule has 4 aliphatic carbocycles. The number of aryl methyl sites for hydroxylation is 1. The van der Waals surface area contributed by atoms with E-state index in [0.29, 0.717) is 30.2 Å². The van der Waals surface area contributed by atoms with Crippen LogP contribution in [0.3, 0.4) is 0 Å². The summed E-state index contributed by atoms with van der Waals surface area (Å²) in [7, 11) is 0. The fraction of sp³-hybridized carbons (Fsp3) is 0.640. The lowest BCUT2D eigenvalue weighted by Gasteiger charge is -2.56. The Bertz CT molecular complexity index is 1060. The van der Waals surface area contributed by atoms with Crippen molar-refractivity contribution in [2.24, 2.45) is 28.9 Å². The summed E-state index contributed by atoms with van der Waals surface area (Å²) >= 11 is 0. The smallest absolute Gasteiger partial charge is 0.269 e. The Kier molecular flexibility index (Phi) is 4.61. The van der Waals surface area contributed by atoms with E-state index in [2.05, 4.69) is 10.3 Å². The fourth-order valence-corrected chi connectivity index (χ4v) is 7.70. The molecule has 0 radical (unpaired) electrons. The summed E-state index contributed by atoms with van der Waals surface area (Å²) in [6, 6.07) is 3.76. The number of primary amides is 1. The quantitative estimate of drug-likeness (QED) is 0.752. The minimum Gasteiger partial charge on any atom is -0.381 e. The van der Waals surface area contributed by atoms with E-state index >= 15 is 0 Å². The SMILES string of the molecule is Cc1ccc2nc(C(N)=O)c(C3CCOC3)n2c1C(=O)NCC12CC3CC(CC(C3)C1)C2. The van der Waals surface area contributed by atoms with Crippen LogP contribution in [0.1, 0.15) is 83.1 Å². The summed E-state index contributed by atoms with van der Waals surface area (Å²) < 4.78 is 7.45. The number of nitrogens with two attached hydrogens (primary N) is 1. The summed E-state index contributed by atoms with van der Waals surface area (Å²) in [6.45, 7) is 3.83. The maximum Gasteiger partial charge on any atom is 0.269 e. The zero-order valence-electron chi connectivity index (χ0n) is 18.7. The summed E-state index contributed by atoms with van der Waals surface area (Å²) in [5, 5.41) is 3.31. The number of nitrogens with zero attached hydrogens (tertiary/aromatic N) is 2. The molecule has 1 aliphatic heterocycles. The van der Waals surface area contributed by atoms with Crippen molar-refractivity contribution in [2.45, 2.75) is 57.8 Å². The lowest BCUT2D eigenvalue weighted by molar-refractivity contribution is -0.0503. The number of rotatable bonds is 5. The highest BCUT2D eigenvalue weighted by atomic mass is 16.5. The molecule has 1 saturated heterocycles. The first kappa shape index (κ1) is 20.2. The van der Waals surface area contributed by atoms with Crippen LogP contribution >= 0.6 is 0 Å². The zero-order valence-corrected chi connectivity index (χ0v) is 18.7. The molecule has 5 aliphatic rings. The van der Waals surface area contributed by atoms with E-state index in [0.717, 1.165) is 36.3 Å². The Morgan fingerprint density at radius 3 is 2.47 bits per heavy atom. The van der Waals surface area contributed by atoms with Gasteiger partial charge in [-0.05, 0) is 86.7 Å². The molecule has 3 N–H and O–H groups in total. The van der Waals surface area contributed by atoms with Crippen molar-refractivity contribution in [3.8, 4) is 0 Å². The molecule has 1 atom stereocenters. The van der Waals surface area contributed by atoms with Crippen LogP contribution in [-0.2, 0) is 4.74 Å². The van der Waals surface area contributed by atoms with Gasteiger partial charge in [0, 0.05) is 19.1 Å². The molecule has 170 valence electrons. The molecular formula is C25H32N4O3. The van der Waals surface area contributed by atoms with Crippen LogP contribution in [-0.4, -0.2) is 41.0 Å². The van der Waals surface area contributed by atoms with Crippen molar-refractivity contribution in [1.82, 2.24) is 14.7 Å². The van der Waals surface area contributed by atoms with Gasteiger partial charge in [-0.25, -0.2) is 4.98 Å². The molecule has 2 aromatic rings. The van der Waals surface area contributed by atoms with Gasteiger partial charge in [0.25, 0.3) is 11.8 Å². The molecule has 7 nitrogen and oxygen atoms in total. The lowest BCUT2D eigenvalue weighted by Crippen LogP contribution is -2.51. The number of fused-ring (bicyclic) bond motifs is 1. The van der Waals surface area contributed by atoms with Crippen LogP contribution in [0.2, 0.25) is 0 Å². The second-order valence-electron chi connectivity index (χ2n) is 10.9. The third-order valence-corrected chi connectivity index (χ3v) is 8.57. The molecule has 32 heavy (non-hydrogen) atoms. The second kappa shape index (κ2) is 7.30. The summed E-state index contributed by atoms with van der Waals surface area (Å²) in [6.07, 6.45) is 8.73. The summed E-state index contributed by atoms with van der Waals surface area (Å²) in [4.78, 5) is 30.3. The van der Waals surface area contributed by atoms with E-state index in [9.17, 15) is 9.59 Å². The number of carbonyl (C=O) groups is 2. The maximum atomic E-state index is 13.6. The molecule has 2 aromatic heterocycles. The van der Waals surface area contributed by atoms with E-state index in [4.69, 9.17) is 10.5 Å². The molecule has 3 heterocycles. The maximum absolute atomic E-state index is 13.6. The number of ether oxygens (including phenoxy) is 1. The van der Waals surface area contributed by atoms with Gasteiger partial charge in [-0.3, -0.25) is 14.0 Å². The van der Waals surface area contributed by atoms with Crippen molar-refractivity contribution in [3.05, 3.63) is 34.8 Å². The number of aromatic nitrogens is 2. The van der Waals surface area contributed by atoms with Crippen LogP contribution in [0.5, 0.6) is 0 Å². The largest absolute Gasteiger partial charge is 0.381 e. The number of imidazole rings is 1. The number of amides is 2. The molecule has 5 fully saturated rings. The number of carbonyl (C=O) groups excluding carboxylic acids is 2. The third kappa shape index (κ3) is 3.16. The standard InChI is InChI=1S/C25H32N4O3/c1-14-2-3-19-28-20(23(26)30)22(18-4-5-32-12-18)29(19)21(14)24(31)27-13-25-9-15-6-16(10-25)8-17(7-15)11-25/h2-3,15-18H,4-13H2,1H3,(H2,26,30)(H,27,31). The van der Waals surface area contributed by atoms with Crippen LogP contribution in [0.4, 0.5) is 0 Å². The first-order valence-electron chi connectivity index (χ1n) is 12.1. The third-order valence-electron chi connectivity index (χ3n) is 8.57. The predicted octanol–water partition coefficient (Wildman–Crippen LogP) is 3.19. The van der Waals surface area contributed by atoms with Gasteiger partial charge in [0.15, 0.2) is 5.69 Å². The molecule has 4 bridgehead atoms. The van der Waals surface area contributed by atoms with E-state index in [-0.39, 0.29) is 22.9 Å². The molecule has 7 heteroatoms. The normalized spacial score (nSPS) is 33.2. The minimum absolute atomic E-state index is 0.00371. The van der Waals surface area contributed by atoms with Crippen LogP contribution in [0.15, 0.2) is 12.1 Å². The average Bonchev–Trinajstić information content (AvgIpc) is 3.38. The Labute approximate surface area is 188 Å². The van der Waals surface area contributed by atoms with Gasteiger partial charge < -0.3 is 15.8 Å². The van der Waals surface area contributed by atoms with Crippen molar-refractivity contribution in [2.75, 3.05) is 19.8 Å². The van der Waals surface area contributed by atoms with E-state index in [1.54, 1.807) is 0 Å².